The summed E-state index contributed by atoms with van der Waals surface area (Å²) in [6.45, 7) is 4.40. The summed E-state index contributed by atoms with van der Waals surface area (Å²) in [7, 11) is 0. The van der Waals surface area contributed by atoms with Crippen LogP contribution in [0.2, 0.25) is 0 Å². The summed E-state index contributed by atoms with van der Waals surface area (Å²) in [5.74, 6) is 1.99. The van der Waals surface area contributed by atoms with Crippen molar-refractivity contribution in [1.82, 2.24) is 14.9 Å². The molecule has 1 saturated carbocycles. The second-order valence-electron chi connectivity index (χ2n) is 6.60. The Morgan fingerprint density at radius 3 is 2.57 bits per heavy atom. The third-order valence-corrected chi connectivity index (χ3v) is 4.84. The van der Waals surface area contributed by atoms with Crippen LogP contribution in [0.5, 0.6) is 0 Å². The van der Waals surface area contributed by atoms with Crippen LogP contribution in [0.15, 0.2) is 29.4 Å². The van der Waals surface area contributed by atoms with Crippen molar-refractivity contribution in [2.24, 2.45) is 5.10 Å². The average Bonchev–Trinajstić information content (AvgIpc) is 2.95. The van der Waals surface area contributed by atoms with Gasteiger partial charge in [0, 0.05) is 5.92 Å². The van der Waals surface area contributed by atoms with Crippen LogP contribution in [0, 0.1) is 4.77 Å². The van der Waals surface area contributed by atoms with Gasteiger partial charge in [-0.05, 0) is 42.1 Å². The molecule has 0 spiro atoms. The third-order valence-electron chi connectivity index (χ3n) is 4.57. The van der Waals surface area contributed by atoms with Crippen LogP contribution in [0.1, 0.15) is 74.7 Å². The minimum Gasteiger partial charge on any atom is -0.250 e. The average molecular weight is 328 g/mol. The molecule has 0 atom stereocenters. The minimum absolute atomic E-state index is 0.470. The number of aromatic amines is 1. The van der Waals surface area contributed by atoms with E-state index in [0.717, 1.165) is 11.4 Å². The van der Waals surface area contributed by atoms with Crippen LogP contribution in [0.25, 0.3) is 0 Å². The number of nitrogens with zero attached hydrogens (tertiary/aromatic N) is 3. The van der Waals surface area contributed by atoms with Gasteiger partial charge in [-0.2, -0.15) is 14.9 Å². The molecule has 122 valence electrons. The predicted octanol–water partition coefficient (Wildman–Crippen LogP) is 4.99. The van der Waals surface area contributed by atoms with Crippen LogP contribution in [0.4, 0.5) is 0 Å². The van der Waals surface area contributed by atoms with Crippen LogP contribution >= 0.6 is 12.2 Å². The van der Waals surface area contributed by atoms with E-state index in [1.165, 1.54) is 37.7 Å². The maximum Gasteiger partial charge on any atom is 0.216 e. The van der Waals surface area contributed by atoms with Gasteiger partial charge in [0.1, 0.15) is 0 Å². The topological polar surface area (TPSA) is 46.0 Å². The Bertz CT molecular complexity index is 718. The molecule has 1 aromatic carbocycles. The molecule has 1 fully saturated rings. The van der Waals surface area contributed by atoms with Gasteiger partial charge < -0.3 is 0 Å². The number of aromatic nitrogens is 3. The van der Waals surface area contributed by atoms with E-state index in [1.807, 2.05) is 6.21 Å². The quantitative estimate of drug-likeness (QED) is 0.634. The van der Waals surface area contributed by atoms with E-state index in [2.05, 4.69) is 53.4 Å². The van der Waals surface area contributed by atoms with E-state index >= 15 is 0 Å². The van der Waals surface area contributed by atoms with Crippen molar-refractivity contribution in [3.05, 3.63) is 46.0 Å². The second kappa shape index (κ2) is 7.21. The van der Waals surface area contributed by atoms with Gasteiger partial charge in [-0.1, -0.05) is 57.4 Å². The maximum absolute atomic E-state index is 5.34. The first-order valence-corrected chi connectivity index (χ1v) is 8.87. The molecule has 23 heavy (non-hydrogen) atoms. The van der Waals surface area contributed by atoms with Crippen molar-refractivity contribution in [2.75, 3.05) is 0 Å². The largest absolute Gasteiger partial charge is 0.250 e. The first-order valence-electron chi connectivity index (χ1n) is 8.47. The lowest BCUT2D eigenvalue weighted by Crippen LogP contribution is -2.10. The monoisotopic (exact) mass is 328 g/mol. The zero-order valence-corrected chi connectivity index (χ0v) is 14.6. The highest BCUT2D eigenvalue weighted by atomic mass is 32.1. The molecule has 1 aliphatic carbocycles. The Morgan fingerprint density at radius 2 is 1.91 bits per heavy atom. The van der Waals surface area contributed by atoms with E-state index in [9.17, 15) is 0 Å². The zero-order chi connectivity index (χ0) is 16.2. The van der Waals surface area contributed by atoms with Gasteiger partial charge in [0.25, 0.3) is 0 Å². The Labute approximate surface area is 142 Å². The van der Waals surface area contributed by atoms with Crippen LogP contribution in [0.3, 0.4) is 0 Å². The van der Waals surface area contributed by atoms with Crippen molar-refractivity contribution in [2.45, 2.75) is 57.8 Å². The molecule has 4 nitrogen and oxygen atoms in total. The second-order valence-corrected chi connectivity index (χ2v) is 6.99. The lowest BCUT2D eigenvalue weighted by Gasteiger charge is -2.19. The van der Waals surface area contributed by atoms with Crippen molar-refractivity contribution < 1.29 is 0 Å². The fraction of sp³-hybridized carbons (Fsp3) is 0.500. The van der Waals surface area contributed by atoms with Gasteiger partial charge in [0.05, 0.1) is 6.21 Å². The molecule has 0 saturated heterocycles. The molecule has 0 radical (unpaired) electrons. The summed E-state index contributed by atoms with van der Waals surface area (Å²) >= 11 is 5.34. The van der Waals surface area contributed by atoms with Crippen molar-refractivity contribution in [3.63, 3.8) is 0 Å². The number of benzene rings is 1. The molecule has 2 aromatic rings. The summed E-state index contributed by atoms with van der Waals surface area (Å²) in [6.07, 6.45) is 8.08. The molecule has 0 unspecified atom stereocenters. The van der Waals surface area contributed by atoms with E-state index in [1.54, 1.807) is 4.68 Å². The maximum atomic E-state index is 5.34. The third kappa shape index (κ3) is 3.78. The Kier molecular flexibility index (Phi) is 5.06. The van der Waals surface area contributed by atoms with Gasteiger partial charge in [-0.3, -0.25) is 5.10 Å². The standard InChI is InChI=1S/C18H24N4S/c1-13(2)15-10-8-14(9-11-15)12-19-22-17(20-21-18(22)23)16-6-4-3-5-7-16/h8-13,16H,3-7H2,1-2H3,(H,21,23). The first-order chi connectivity index (χ1) is 11.1. The van der Waals surface area contributed by atoms with Crippen LogP contribution in [-0.4, -0.2) is 21.1 Å². The highest BCUT2D eigenvalue weighted by Gasteiger charge is 2.21. The summed E-state index contributed by atoms with van der Waals surface area (Å²) in [5, 5.41) is 11.9. The molecular formula is C18H24N4S. The first kappa shape index (κ1) is 16.1. The minimum atomic E-state index is 0.470. The Hall–Kier alpha value is -1.75. The van der Waals surface area contributed by atoms with E-state index in [0.29, 0.717) is 16.6 Å². The fourth-order valence-electron chi connectivity index (χ4n) is 3.13. The van der Waals surface area contributed by atoms with Crippen molar-refractivity contribution in [3.8, 4) is 0 Å². The molecule has 1 N–H and O–H groups in total. The Morgan fingerprint density at radius 1 is 1.22 bits per heavy atom. The zero-order valence-electron chi connectivity index (χ0n) is 13.8. The lowest BCUT2D eigenvalue weighted by molar-refractivity contribution is 0.419. The van der Waals surface area contributed by atoms with Crippen molar-refractivity contribution >= 4 is 18.4 Å². The molecule has 0 aliphatic heterocycles. The number of H-pyrrole nitrogens is 1. The molecule has 0 amide bonds. The normalized spacial score (nSPS) is 16.5. The van der Waals surface area contributed by atoms with Gasteiger partial charge in [-0.15, -0.1) is 0 Å². The van der Waals surface area contributed by atoms with E-state index in [-0.39, 0.29) is 0 Å². The summed E-state index contributed by atoms with van der Waals surface area (Å²) < 4.78 is 2.36. The van der Waals surface area contributed by atoms with Crippen LogP contribution in [-0.2, 0) is 0 Å². The molecule has 0 bridgehead atoms. The summed E-state index contributed by atoms with van der Waals surface area (Å²) in [6, 6.07) is 8.51. The van der Waals surface area contributed by atoms with Crippen LogP contribution < -0.4 is 0 Å². The fourth-order valence-corrected chi connectivity index (χ4v) is 3.32. The van der Waals surface area contributed by atoms with Crippen molar-refractivity contribution in [1.29, 1.82) is 0 Å². The number of hydrogen-bond donors (Lipinski definition) is 1. The Balaban J connectivity index is 1.81. The molecule has 1 aromatic heterocycles. The number of nitrogens with one attached hydrogen (secondary N) is 1. The van der Waals surface area contributed by atoms with E-state index in [4.69, 9.17) is 12.2 Å². The number of rotatable bonds is 4. The summed E-state index contributed by atoms with van der Waals surface area (Å²) in [4.78, 5) is 0. The summed E-state index contributed by atoms with van der Waals surface area (Å²) in [5.41, 5.74) is 2.41. The number of hydrogen-bond acceptors (Lipinski definition) is 3. The molecule has 5 heteroatoms. The van der Waals surface area contributed by atoms with Gasteiger partial charge in [0.15, 0.2) is 5.82 Å². The smallest absolute Gasteiger partial charge is 0.216 e. The predicted molar refractivity (Wildman–Crippen MR) is 96.8 cm³/mol. The highest BCUT2D eigenvalue weighted by Crippen LogP contribution is 2.31. The SMILES string of the molecule is CC(C)c1ccc(C=Nn2c(C3CCCCC3)n[nH]c2=S)cc1. The highest BCUT2D eigenvalue weighted by molar-refractivity contribution is 7.71. The van der Waals surface area contributed by atoms with E-state index < -0.39 is 0 Å². The van der Waals surface area contributed by atoms with Gasteiger partial charge >= 0.3 is 0 Å². The van der Waals surface area contributed by atoms with Gasteiger partial charge in [0.2, 0.25) is 4.77 Å². The molecule has 1 aliphatic rings. The lowest BCUT2D eigenvalue weighted by atomic mass is 9.89. The molecule has 3 rings (SSSR count). The molecular weight excluding hydrogens is 304 g/mol. The van der Waals surface area contributed by atoms with Gasteiger partial charge in [-0.25, -0.2) is 0 Å². The molecule has 1 heterocycles.